The molecule has 0 radical (unpaired) electrons. The Morgan fingerprint density at radius 2 is 1.78 bits per heavy atom. The number of methoxy groups -OCH3 is 2. The van der Waals surface area contributed by atoms with Gasteiger partial charge >= 0.3 is 11.9 Å². The molecule has 0 amide bonds. The van der Waals surface area contributed by atoms with Crippen molar-refractivity contribution in [3.63, 3.8) is 0 Å². The number of fused-ring (bicyclic) bond motifs is 1. The van der Waals surface area contributed by atoms with Gasteiger partial charge in [0.05, 0.1) is 31.0 Å². The quantitative estimate of drug-likeness (QED) is 0.164. The van der Waals surface area contributed by atoms with E-state index in [1.165, 1.54) is 32.6 Å². The van der Waals surface area contributed by atoms with Crippen LogP contribution >= 0.6 is 0 Å². The topological polar surface area (TPSA) is 160 Å². The van der Waals surface area contributed by atoms with Crippen molar-refractivity contribution in [2.75, 3.05) is 21.0 Å². The second kappa shape index (κ2) is 13.8. The van der Waals surface area contributed by atoms with E-state index in [1.54, 1.807) is 36.4 Å². The molecule has 1 aliphatic rings. The molecule has 0 spiro atoms. The van der Waals surface area contributed by atoms with Crippen molar-refractivity contribution in [3.05, 3.63) is 82.4 Å². The Bertz CT molecular complexity index is 1740. The molecule has 1 aliphatic heterocycles. The predicted molar refractivity (Wildman–Crippen MR) is 161 cm³/mol. The van der Waals surface area contributed by atoms with Gasteiger partial charge in [-0.1, -0.05) is 36.7 Å². The van der Waals surface area contributed by atoms with Gasteiger partial charge in [-0.15, -0.1) is 0 Å². The van der Waals surface area contributed by atoms with Gasteiger partial charge in [0, 0.05) is 47.0 Å². The summed E-state index contributed by atoms with van der Waals surface area (Å²) in [5.74, 6) is 0.00738. The highest BCUT2D eigenvalue weighted by Gasteiger charge is 2.25. The van der Waals surface area contributed by atoms with Crippen LogP contribution in [0, 0.1) is 0 Å². The number of carbonyl (C=O) groups is 2. The summed E-state index contributed by atoms with van der Waals surface area (Å²) < 4.78 is 33.7. The third-order valence-corrected chi connectivity index (χ3v) is 7.24. The van der Waals surface area contributed by atoms with Crippen LogP contribution in [0.5, 0.6) is 28.9 Å². The van der Waals surface area contributed by atoms with Crippen molar-refractivity contribution in [1.29, 1.82) is 0 Å². The molecule has 2 N–H and O–H groups in total. The van der Waals surface area contributed by atoms with E-state index in [4.69, 9.17) is 28.2 Å². The molecule has 0 saturated heterocycles. The lowest BCUT2D eigenvalue weighted by Gasteiger charge is -2.14. The van der Waals surface area contributed by atoms with E-state index in [0.29, 0.717) is 57.4 Å². The average Bonchev–Trinajstić information content (AvgIpc) is 3.68. The number of nitrogens with zero attached hydrogens (tertiary/aromatic N) is 2. The molecule has 45 heavy (non-hydrogen) atoms. The highest BCUT2D eigenvalue weighted by Crippen LogP contribution is 2.41. The van der Waals surface area contributed by atoms with E-state index in [9.17, 15) is 19.8 Å². The van der Waals surface area contributed by atoms with Crippen LogP contribution in [-0.2, 0) is 24.2 Å². The van der Waals surface area contributed by atoms with Crippen molar-refractivity contribution >= 4 is 18.0 Å². The number of unbranched alkanes of at least 4 members (excludes halogenated alkanes) is 1. The first-order chi connectivity index (χ1) is 21.8. The van der Waals surface area contributed by atoms with Crippen LogP contribution < -0.4 is 23.7 Å². The van der Waals surface area contributed by atoms with E-state index >= 15 is 0 Å². The highest BCUT2D eigenvalue weighted by atomic mass is 16.7. The number of carboxylic acids is 2. The summed E-state index contributed by atoms with van der Waals surface area (Å²) in [5, 5.41) is 24.2. The van der Waals surface area contributed by atoms with Crippen molar-refractivity contribution < 1.29 is 48.0 Å². The van der Waals surface area contributed by atoms with Gasteiger partial charge in [0.15, 0.2) is 17.3 Å². The van der Waals surface area contributed by atoms with Gasteiger partial charge in [-0.3, -0.25) is 0 Å². The molecule has 12 heteroatoms. The lowest BCUT2D eigenvalue weighted by Crippen LogP contribution is -2.07. The number of benzene rings is 2. The Morgan fingerprint density at radius 1 is 1.00 bits per heavy atom. The molecule has 0 fully saturated rings. The SMILES string of the molecule is CCCCc1noc(C=C(Cc2cc3c(cc2OC)OCO3)C(=O)O)c1-c1cnc(OC)cc1OCc1ccccc1C(=O)O. The summed E-state index contributed by atoms with van der Waals surface area (Å²) in [7, 11) is 2.96. The fourth-order valence-corrected chi connectivity index (χ4v) is 4.93. The van der Waals surface area contributed by atoms with E-state index in [0.717, 1.165) is 12.8 Å². The molecule has 234 valence electrons. The third kappa shape index (κ3) is 6.85. The Hall–Kier alpha value is -5.52. The Balaban J connectivity index is 1.58. The second-order valence-corrected chi connectivity index (χ2v) is 10.1. The molecule has 0 atom stereocenters. The molecule has 4 aromatic rings. The van der Waals surface area contributed by atoms with Crippen LogP contribution in [0.25, 0.3) is 17.2 Å². The van der Waals surface area contributed by atoms with E-state index in [2.05, 4.69) is 10.1 Å². The summed E-state index contributed by atoms with van der Waals surface area (Å²) in [6, 6.07) is 11.5. The number of aromatic nitrogens is 2. The molecule has 3 heterocycles. The maximum atomic E-state index is 12.5. The Morgan fingerprint density at radius 3 is 2.49 bits per heavy atom. The largest absolute Gasteiger partial charge is 0.496 e. The zero-order valence-corrected chi connectivity index (χ0v) is 25.0. The number of hydrogen-bond donors (Lipinski definition) is 2. The number of pyridine rings is 1. The van der Waals surface area contributed by atoms with Gasteiger partial charge in [-0.2, -0.15) is 0 Å². The number of hydrogen-bond acceptors (Lipinski definition) is 10. The zero-order chi connectivity index (χ0) is 31.9. The highest BCUT2D eigenvalue weighted by molar-refractivity contribution is 5.94. The van der Waals surface area contributed by atoms with Crippen LogP contribution in [0.4, 0.5) is 0 Å². The minimum absolute atomic E-state index is 0.00549. The van der Waals surface area contributed by atoms with Crippen LogP contribution in [0.2, 0.25) is 0 Å². The van der Waals surface area contributed by atoms with Gasteiger partial charge in [-0.25, -0.2) is 14.6 Å². The van der Waals surface area contributed by atoms with Gasteiger partial charge in [0.25, 0.3) is 0 Å². The number of rotatable bonds is 14. The lowest BCUT2D eigenvalue weighted by atomic mass is 9.98. The summed E-state index contributed by atoms with van der Waals surface area (Å²) in [4.78, 5) is 28.7. The summed E-state index contributed by atoms with van der Waals surface area (Å²) in [5.41, 5.74) is 2.75. The monoisotopic (exact) mass is 616 g/mol. The van der Waals surface area contributed by atoms with Crippen molar-refractivity contribution in [3.8, 4) is 40.0 Å². The van der Waals surface area contributed by atoms with Crippen LogP contribution in [0.3, 0.4) is 0 Å². The first-order valence-corrected chi connectivity index (χ1v) is 14.2. The number of aromatic carboxylic acids is 1. The average molecular weight is 617 g/mol. The number of aliphatic carboxylic acids is 1. The molecule has 5 rings (SSSR count). The first-order valence-electron chi connectivity index (χ1n) is 14.2. The van der Waals surface area contributed by atoms with Gasteiger partial charge in [0.1, 0.15) is 18.1 Å². The first kappa shape index (κ1) is 30.9. The van der Waals surface area contributed by atoms with Gasteiger partial charge in [0.2, 0.25) is 12.7 Å². The van der Waals surface area contributed by atoms with Crippen molar-refractivity contribution in [2.45, 2.75) is 39.2 Å². The van der Waals surface area contributed by atoms with Crippen LogP contribution in [0.15, 0.2) is 58.8 Å². The smallest absolute Gasteiger partial charge is 0.336 e. The Labute approximate surface area is 258 Å². The van der Waals surface area contributed by atoms with Crippen LogP contribution in [-0.4, -0.2) is 53.3 Å². The molecule has 0 unspecified atom stereocenters. The lowest BCUT2D eigenvalue weighted by molar-refractivity contribution is -0.132. The van der Waals surface area contributed by atoms with E-state index in [-0.39, 0.29) is 42.6 Å². The molecule has 2 aromatic carbocycles. The van der Waals surface area contributed by atoms with Gasteiger partial charge in [-0.05, 0) is 31.1 Å². The van der Waals surface area contributed by atoms with E-state index < -0.39 is 11.9 Å². The predicted octanol–water partition coefficient (Wildman–Crippen LogP) is 5.81. The summed E-state index contributed by atoms with van der Waals surface area (Å²) in [6.07, 6.45) is 5.19. The molecular formula is C33H32N2O10. The zero-order valence-electron chi connectivity index (χ0n) is 25.0. The molecule has 12 nitrogen and oxygen atoms in total. The van der Waals surface area contributed by atoms with E-state index in [1.807, 2.05) is 6.92 Å². The number of ether oxygens (including phenoxy) is 5. The minimum Gasteiger partial charge on any atom is -0.496 e. The molecular weight excluding hydrogens is 584 g/mol. The van der Waals surface area contributed by atoms with Gasteiger partial charge < -0.3 is 38.4 Å². The standard InChI is InChI=1S/C33H32N2O10/c1-4-5-10-24-31(23-16-34-30(41-3)15-26(23)42-17-19-8-6-7-9-22(19)33(38)39)29(45-35-24)13-21(32(36)37)11-20-12-27-28(44-18-43-27)14-25(20)40-2/h6-9,12-16H,4-5,10-11,17-18H2,1-3H3,(H,36,37)(H,38,39). The molecule has 0 saturated carbocycles. The number of aryl methyl sites for hydroxylation is 1. The van der Waals surface area contributed by atoms with Crippen LogP contribution in [0.1, 0.15) is 52.7 Å². The fourth-order valence-electron chi connectivity index (χ4n) is 4.93. The van der Waals surface area contributed by atoms with Crippen molar-refractivity contribution in [1.82, 2.24) is 10.1 Å². The van der Waals surface area contributed by atoms with Crippen molar-refractivity contribution in [2.24, 2.45) is 0 Å². The molecule has 0 bridgehead atoms. The maximum Gasteiger partial charge on any atom is 0.336 e. The fraction of sp³-hybridized carbons (Fsp3) is 0.273. The summed E-state index contributed by atoms with van der Waals surface area (Å²) >= 11 is 0. The maximum absolute atomic E-state index is 12.5. The Kier molecular flexibility index (Phi) is 9.51. The normalized spacial score (nSPS) is 12.2. The number of carboxylic acid groups (broad SMARTS) is 2. The summed E-state index contributed by atoms with van der Waals surface area (Å²) in [6.45, 7) is 2.05. The minimum atomic E-state index is -1.17. The molecule has 0 aliphatic carbocycles. The second-order valence-electron chi connectivity index (χ2n) is 10.1. The molecule has 2 aromatic heterocycles. The third-order valence-electron chi connectivity index (χ3n) is 7.24.